The van der Waals surface area contributed by atoms with Crippen molar-refractivity contribution in [1.82, 2.24) is 9.97 Å². The molecule has 0 spiro atoms. The third kappa shape index (κ3) is 7.46. The molecule has 0 amide bonds. The lowest BCUT2D eigenvalue weighted by molar-refractivity contribution is -0.276. The molecule has 220 valence electrons. The second-order valence-electron chi connectivity index (χ2n) is 8.97. The summed E-state index contributed by atoms with van der Waals surface area (Å²) < 4.78 is 92.6. The van der Waals surface area contributed by atoms with E-state index in [1.807, 2.05) is 0 Å². The molecule has 0 bridgehead atoms. The van der Waals surface area contributed by atoms with Gasteiger partial charge < -0.3 is 26.0 Å². The Kier molecular flexibility index (Phi) is 8.56. The van der Waals surface area contributed by atoms with E-state index in [9.17, 15) is 31.1 Å². The molecule has 42 heavy (non-hydrogen) atoms. The number of halogens is 6. The number of carboxylic acid groups (broad SMARTS) is 1. The molecule has 8 nitrogen and oxygen atoms in total. The van der Waals surface area contributed by atoms with Crippen LogP contribution in [0.15, 0.2) is 78.9 Å². The number of alkyl halides is 6. The summed E-state index contributed by atoms with van der Waals surface area (Å²) in [7, 11) is 0. The molecule has 4 aromatic rings. The monoisotopic (exact) mass is 592 g/mol. The second-order valence-corrected chi connectivity index (χ2v) is 8.97. The highest BCUT2D eigenvalue weighted by atomic mass is 19.4. The minimum atomic E-state index is -5.30. The molecule has 0 aliphatic carbocycles. The zero-order valence-corrected chi connectivity index (χ0v) is 21.4. The molecule has 1 unspecified atom stereocenters. The highest BCUT2D eigenvalue weighted by Gasteiger charge is 2.47. The third-order valence-corrected chi connectivity index (χ3v) is 5.92. The largest absolute Gasteiger partial charge is 0.573 e. The van der Waals surface area contributed by atoms with Crippen molar-refractivity contribution in [3.63, 3.8) is 0 Å². The van der Waals surface area contributed by atoms with Gasteiger partial charge in [-0.1, -0.05) is 66.7 Å². The molecule has 0 fully saturated rings. The van der Waals surface area contributed by atoms with Crippen molar-refractivity contribution in [2.24, 2.45) is 5.73 Å². The number of ether oxygens (including phenoxy) is 2. The van der Waals surface area contributed by atoms with Crippen LogP contribution < -0.4 is 20.9 Å². The predicted molar refractivity (Wildman–Crippen MR) is 139 cm³/mol. The first kappa shape index (κ1) is 30.1. The number of nitrogen functional groups attached to an aromatic ring is 1. The van der Waals surface area contributed by atoms with Gasteiger partial charge >= 0.3 is 18.5 Å². The second kappa shape index (κ2) is 11.9. The molecule has 1 aromatic heterocycles. The maximum Gasteiger partial charge on any atom is 0.573 e. The van der Waals surface area contributed by atoms with E-state index in [-0.39, 0.29) is 23.2 Å². The van der Waals surface area contributed by atoms with Gasteiger partial charge in [0.1, 0.15) is 11.8 Å². The van der Waals surface area contributed by atoms with Crippen LogP contribution in [0.4, 0.5) is 32.3 Å². The molecule has 14 heteroatoms. The number of rotatable bonds is 9. The Bertz CT molecular complexity index is 1550. The quantitative estimate of drug-likeness (QED) is 0.204. The Labute approximate surface area is 234 Å². The van der Waals surface area contributed by atoms with E-state index >= 15 is 0 Å². The Morgan fingerprint density at radius 2 is 1.55 bits per heavy atom. The molecule has 0 saturated carbocycles. The van der Waals surface area contributed by atoms with Gasteiger partial charge in [0.15, 0.2) is 0 Å². The number of nitrogens with two attached hydrogens (primary N) is 2. The first-order valence-electron chi connectivity index (χ1n) is 12.1. The lowest BCUT2D eigenvalue weighted by Gasteiger charge is -2.26. The molecular weight excluding hydrogens is 570 g/mol. The zero-order valence-electron chi connectivity index (χ0n) is 21.4. The van der Waals surface area contributed by atoms with Crippen LogP contribution >= 0.6 is 0 Å². The van der Waals surface area contributed by atoms with Crippen molar-refractivity contribution in [2.45, 2.75) is 31.1 Å². The number of carbonyl (C=O) groups is 1. The Balaban J connectivity index is 1.77. The van der Waals surface area contributed by atoms with Gasteiger partial charge in [-0.05, 0) is 29.2 Å². The lowest BCUT2D eigenvalue weighted by Crippen LogP contribution is -2.32. The highest BCUT2D eigenvalue weighted by Crippen LogP contribution is 2.46. The Morgan fingerprint density at radius 1 is 0.881 bits per heavy atom. The minimum absolute atomic E-state index is 0.0201. The molecule has 0 aliphatic heterocycles. The summed E-state index contributed by atoms with van der Waals surface area (Å²) in [5, 5.41) is 8.99. The fraction of sp³-hybridized carbons (Fsp3) is 0.179. The normalized spacial score (nSPS) is 13.3. The fourth-order valence-corrected chi connectivity index (χ4v) is 4.11. The maximum atomic E-state index is 14.5. The van der Waals surface area contributed by atoms with E-state index in [2.05, 4.69) is 14.7 Å². The van der Waals surface area contributed by atoms with Crippen molar-refractivity contribution in [3.8, 4) is 34.0 Å². The molecule has 2 atom stereocenters. The van der Waals surface area contributed by atoms with Crippen LogP contribution in [0.1, 0.15) is 17.2 Å². The summed E-state index contributed by atoms with van der Waals surface area (Å²) >= 11 is 0. The summed E-state index contributed by atoms with van der Waals surface area (Å²) in [5.74, 6) is -3.44. The zero-order chi connectivity index (χ0) is 30.7. The molecule has 3 aromatic carbocycles. The Morgan fingerprint density at radius 3 is 2.14 bits per heavy atom. The van der Waals surface area contributed by atoms with Crippen molar-refractivity contribution < 1.29 is 45.7 Å². The lowest BCUT2D eigenvalue weighted by atomic mass is 9.94. The average molecular weight is 592 g/mol. The van der Waals surface area contributed by atoms with E-state index in [4.69, 9.17) is 21.3 Å². The summed E-state index contributed by atoms with van der Waals surface area (Å²) in [6, 6.07) is 16.6. The van der Waals surface area contributed by atoms with E-state index in [1.165, 1.54) is 42.5 Å². The van der Waals surface area contributed by atoms with Gasteiger partial charge in [-0.2, -0.15) is 18.2 Å². The van der Waals surface area contributed by atoms with E-state index in [1.54, 1.807) is 18.2 Å². The van der Waals surface area contributed by atoms with Crippen molar-refractivity contribution in [2.75, 3.05) is 5.73 Å². The number of anilines is 1. The van der Waals surface area contributed by atoms with Crippen LogP contribution in [0.25, 0.3) is 22.4 Å². The SMILES string of the molecule is Nc1nc(OC(c2c(OC(F)(F)F)cccc2-c2ccccc2)C(F)(F)F)cc(-c2ccc(C[C@H](N)C(=O)O)cc2)n1. The average Bonchev–Trinajstić information content (AvgIpc) is 2.91. The number of hydrogen-bond donors (Lipinski definition) is 3. The van der Waals surface area contributed by atoms with Gasteiger partial charge in [0, 0.05) is 11.6 Å². The van der Waals surface area contributed by atoms with E-state index in [0.29, 0.717) is 11.1 Å². The van der Waals surface area contributed by atoms with Crippen LogP contribution in [0.3, 0.4) is 0 Å². The van der Waals surface area contributed by atoms with E-state index < -0.39 is 53.8 Å². The summed E-state index contributed by atoms with van der Waals surface area (Å²) in [6.45, 7) is 0. The highest BCUT2D eigenvalue weighted by molar-refractivity contribution is 5.74. The van der Waals surface area contributed by atoms with Crippen molar-refractivity contribution in [3.05, 3.63) is 90.0 Å². The summed E-state index contributed by atoms with van der Waals surface area (Å²) in [5.41, 5.74) is 11.3. The number of benzene rings is 3. The van der Waals surface area contributed by atoms with Crippen molar-refractivity contribution >= 4 is 11.9 Å². The molecule has 0 radical (unpaired) electrons. The predicted octanol–water partition coefficient (Wildman–Crippen LogP) is 5.93. The van der Waals surface area contributed by atoms with Gasteiger partial charge in [0.05, 0.1) is 11.3 Å². The van der Waals surface area contributed by atoms with Crippen LogP contribution in [0.2, 0.25) is 0 Å². The number of aromatic nitrogens is 2. The molecule has 0 aliphatic rings. The van der Waals surface area contributed by atoms with Gasteiger partial charge in [0.25, 0.3) is 0 Å². The molecule has 4 rings (SSSR count). The Hall–Kier alpha value is -4.85. The van der Waals surface area contributed by atoms with Gasteiger partial charge in [-0.15, -0.1) is 13.2 Å². The topological polar surface area (TPSA) is 134 Å². The van der Waals surface area contributed by atoms with Crippen molar-refractivity contribution in [1.29, 1.82) is 0 Å². The standard InChI is InChI=1S/C28H22F6N4O4/c29-27(30,31)24(23-18(16-5-2-1-3-6-16)7-4-8-21(23)42-28(32,33)34)41-22-14-20(37-26(36)38-22)17-11-9-15(10-12-17)13-19(35)25(39)40/h1-12,14,19,24H,13,35H2,(H,39,40)(H2,36,37,38)/t19-,24?/m0/s1. The van der Waals surface area contributed by atoms with Gasteiger partial charge in [-0.25, -0.2) is 4.98 Å². The first-order chi connectivity index (χ1) is 19.7. The molecular formula is C28H22F6N4O4. The number of carboxylic acids is 1. The minimum Gasteiger partial charge on any atom is -0.480 e. The third-order valence-electron chi connectivity index (χ3n) is 5.92. The van der Waals surface area contributed by atoms with Gasteiger partial charge in [-0.3, -0.25) is 4.79 Å². The number of hydrogen-bond acceptors (Lipinski definition) is 7. The number of aliphatic carboxylic acids is 1. The molecule has 1 heterocycles. The smallest absolute Gasteiger partial charge is 0.480 e. The van der Waals surface area contributed by atoms with Crippen LogP contribution in [-0.2, 0) is 11.2 Å². The van der Waals surface area contributed by atoms with Gasteiger partial charge in [0.2, 0.25) is 17.9 Å². The maximum absolute atomic E-state index is 14.5. The van der Waals surface area contributed by atoms with Crippen LogP contribution in [0, 0.1) is 0 Å². The summed E-state index contributed by atoms with van der Waals surface area (Å²) in [6.07, 6.45) is -13.5. The first-order valence-corrected chi connectivity index (χ1v) is 12.1. The summed E-state index contributed by atoms with van der Waals surface area (Å²) in [4.78, 5) is 18.7. The molecule has 5 N–H and O–H groups in total. The van der Waals surface area contributed by atoms with E-state index in [0.717, 1.165) is 18.2 Å². The fourth-order valence-electron chi connectivity index (χ4n) is 4.11. The number of nitrogens with zero attached hydrogens (tertiary/aromatic N) is 2. The van der Waals surface area contributed by atoms with Crippen LogP contribution in [-0.4, -0.2) is 39.6 Å². The molecule has 0 saturated heterocycles. The van der Waals surface area contributed by atoms with Crippen LogP contribution in [0.5, 0.6) is 11.6 Å².